The molecule has 0 bridgehead atoms. The lowest BCUT2D eigenvalue weighted by molar-refractivity contribution is 0.0484. The number of rotatable bonds is 9. The Morgan fingerprint density at radius 2 is 1.93 bits per heavy atom. The lowest BCUT2D eigenvalue weighted by Crippen LogP contribution is -2.36. The summed E-state index contributed by atoms with van der Waals surface area (Å²) < 4.78 is 17.0. The first-order chi connectivity index (χ1) is 14.8. The molecule has 1 aromatic carbocycles. The Bertz CT molecular complexity index is 763. The van der Waals surface area contributed by atoms with Crippen LogP contribution in [0.1, 0.15) is 48.2 Å². The van der Waals surface area contributed by atoms with Crippen molar-refractivity contribution in [3.05, 3.63) is 54.0 Å². The first-order valence-electron chi connectivity index (χ1n) is 11.2. The van der Waals surface area contributed by atoms with Gasteiger partial charge in [-0.05, 0) is 68.6 Å². The molecule has 4 rings (SSSR count). The monoisotopic (exact) mass is 412 g/mol. The molecular formula is C24H32N2O4. The topological polar surface area (TPSA) is 55.2 Å². The average molecular weight is 413 g/mol. The Morgan fingerprint density at radius 3 is 2.63 bits per heavy atom. The summed E-state index contributed by atoms with van der Waals surface area (Å²) >= 11 is 0. The molecule has 3 heterocycles. The quantitative estimate of drug-likeness (QED) is 0.624. The van der Waals surface area contributed by atoms with Crippen molar-refractivity contribution >= 4 is 5.91 Å². The van der Waals surface area contributed by atoms with Crippen LogP contribution in [0.5, 0.6) is 5.75 Å². The van der Waals surface area contributed by atoms with Gasteiger partial charge >= 0.3 is 0 Å². The molecule has 0 radical (unpaired) electrons. The van der Waals surface area contributed by atoms with E-state index in [1.54, 1.807) is 12.1 Å². The van der Waals surface area contributed by atoms with E-state index in [4.69, 9.17) is 13.9 Å². The summed E-state index contributed by atoms with van der Waals surface area (Å²) in [7, 11) is 0. The largest absolute Gasteiger partial charge is 0.492 e. The van der Waals surface area contributed by atoms with Gasteiger partial charge in [0, 0.05) is 26.2 Å². The smallest absolute Gasteiger partial charge is 0.289 e. The molecule has 6 nitrogen and oxygen atoms in total. The lowest BCUT2D eigenvalue weighted by Gasteiger charge is -2.26. The van der Waals surface area contributed by atoms with E-state index < -0.39 is 0 Å². The van der Waals surface area contributed by atoms with Crippen LogP contribution in [0.15, 0.2) is 47.1 Å². The highest BCUT2D eigenvalue weighted by atomic mass is 16.5. The molecule has 1 aromatic heterocycles. The van der Waals surface area contributed by atoms with Gasteiger partial charge in [0.2, 0.25) is 0 Å². The zero-order chi connectivity index (χ0) is 20.6. The van der Waals surface area contributed by atoms with Gasteiger partial charge in [0.1, 0.15) is 12.4 Å². The second-order valence-corrected chi connectivity index (χ2v) is 8.19. The average Bonchev–Trinajstić information content (AvgIpc) is 3.49. The number of benzene rings is 1. The van der Waals surface area contributed by atoms with E-state index in [0.717, 1.165) is 37.3 Å². The lowest BCUT2D eigenvalue weighted by atomic mass is 10.1. The van der Waals surface area contributed by atoms with E-state index in [1.165, 1.54) is 38.6 Å². The number of hydrogen-bond donors (Lipinski definition) is 0. The highest BCUT2D eigenvalue weighted by Gasteiger charge is 2.25. The summed E-state index contributed by atoms with van der Waals surface area (Å²) in [6, 6.07) is 11.5. The molecule has 30 heavy (non-hydrogen) atoms. The Balaban J connectivity index is 1.32. The molecule has 2 fully saturated rings. The zero-order valence-electron chi connectivity index (χ0n) is 17.6. The van der Waals surface area contributed by atoms with Gasteiger partial charge in [-0.1, -0.05) is 18.6 Å². The minimum absolute atomic E-state index is 0.0984. The molecule has 2 aliphatic rings. The third-order valence-electron chi connectivity index (χ3n) is 5.89. The maximum absolute atomic E-state index is 12.9. The minimum Gasteiger partial charge on any atom is -0.492 e. The molecule has 0 N–H and O–H groups in total. The molecular weight excluding hydrogens is 380 g/mol. The van der Waals surface area contributed by atoms with Crippen molar-refractivity contribution in [2.24, 2.45) is 0 Å². The van der Waals surface area contributed by atoms with Gasteiger partial charge in [0.25, 0.3) is 5.91 Å². The highest BCUT2D eigenvalue weighted by Crippen LogP contribution is 2.19. The summed E-state index contributed by atoms with van der Waals surface area (Å²) in [5.41, 5.74) is 1.07. The summed E-state index contributed by atoms with van der Waals surface area (Å²) in [6.45, 7) is 5.94. The number of piperidine rings is 1. The van der Waals surface area contributed by atoms with Crippen LogP contribution < -0.4 is 4.74 Å². The predicted molar refractivity (Wildman–Crippen MR) is 115 cm³/mol. The van der Waals surface area contributed by atoms with E-state index >= 15 is 0 Å². The van der Waals surface area contributed by atoms with Gasteiger partial charge in [-0.2, -0.15) is 0 Å². The van der Waals surface area contributed by atoms with Gasteiger partial charge in [-0.15, -0.1) is 0 Å². The number of ether oxygens (including phenoxy) is 2. The number of hydrogen-bond acceptors (Lipinski definition) is 5. The summed E-state index contributed by atoms with van der Waals surface area (Å²) in [6.07, 6.45) is 7.63. The molecule has 1 amide bonds. The van der Waals surface area contributed by atoms with Crippen LogP contribution in [0, 0.1) is 0 Å². The van der Waals surface area contributed by atoms with E-state index in [-0.39, 0.29) is 12.0 Å². The SMILES string of the molecule is O=C(c1ccco1)N(Cc1ccc(OCCN2CCCCC2)cc1)CC1CCCO1. The number of carbonyl (C=O) groups is 1. The van der Waals surface area contributed by atoms with Crippen LogP contribution in [-0.2, 0) is 11.3 Å². The normalized spacial score (nSPS) is 19.7. The second-order valence-electron chi connectivity index (χ2n) is 8.19. The number of carbonyl (C=O) groups excluding carboxylic acids is 1. The predicted octanol–water partition coefficient (Wildman–Crippen LogP) is 3.97. The fraction of sp³-hybridized carbons (Fsp3) is 0.542. The van der Waals surface area contributed by atoms with Crippen LogP contribution in [0.3, 0.4) is 0 Å². The molecule has 0 aliphatic carbocycles. The van der Waals surface area contributed by atoms with E-state index in [1.807, 2.05) is 29.2 Å². The van der Waals surface area contributed by atoms with Crippen LogP contribution >= 0.6 is 0 Å². The molecule has 1 atom stereocenters. The van der Waals surface area contributed by atoms with Crippen molar-refractivity contribution in [2.75, 3.05) is 39.4 Å². The summed E-state index contributed by atoms with van der Waals surface area (Å²) in [4.78, 5) is 17.2. The van der Waals surface area contributed by atoms with Gasteiger partial charge in [-0.3, -0.25) is 9.69 Å². The van der Waals surface area contributed by atoms with Gasteiger partial charge in [0.05, 0.1) is 12.4 Å². The Hall–Kier alpha value is -2.31. The third kappa shape index (κ3) is 5.86. The van der Waals surface area contributed by atoms with Crippen LogP contribution in [-0.4, -0.2) is 61.2 Å². The zero-order valence-corrected chi connectivity index (χ0v) is 17.6. The van der Waals surface area contributed by atoms with Crippen molar-refractivity contribution < 1.29 is 18.7 Å². The molecule has 1 unspecified atom stereocenters. The summed E-state index contributed by atoms with van der Waals surface area (Å²) in [5.74, 6) is 1.14. The first-order valence-corrected chi connectivity index (χ1v) is 11.2. The van der Waals surface area contributed by atoms with Crippen molar-refractivity contribution in [3.8, 4) is 5.75 Å². The van der Waals surface area contributed by atoms with E-state index in [0.29, 0.717) is 25.5 Å². The molecule has 6 heteroatoms. The standard InChI is InChI=1S/C24H32N2O4/c27-24(23-7-5-16-30-23)26(19-22-6-4-15-28-22)18-20-8-10-21(11-9-20)29-17-14-25-12-2-1-3-13-25/h5,7-11,16,22H,1-4,6,12-15,17-19H2. The van der Waals surface area contributed by atoms with Crippen molar-refractivity contribution in [1.29, 1.82) is 0 Å². The van der Waals surface area contributed by atoms with Gasteiger partial charge in [-0.25, -0.2) is 0 Å². The molecule has 162 valence electrons. The Labute approximate surface area is 178 Å². The van der Waals surface area contributed by atoms with Gasteiger partial charge < -0.3 is 18.8 Å². The fourth-order valence-corrected chi connectivity index (χ4v) is 4.20. The third-order valence-corrected chi connectivity index (χ3v) is 5.89. The molecule has 2 aliphatic heterocycles. The van der Waals surface area contributed by atoms with E-state index in [9.17, 15) is 4.79 Å². The summed E-state index contributed by atoms with van der Waals surface area (Å²) in [5, 5.41) is 0. The van der Waals surface area contributed by atoms with Crippen LogP contribution in [0.4, 0.5) is 0 Å². The first kappa shape index (κ1) is 20.9. The fourth-order valence-electron chi connectivity index (χ4n) is 4.20. The highest BCUT2D eigenvalue weighted by molar-refractivity contribution is 5.91. The minimum atomic E-state index is -0.0997. The van der Waals surface area contributed by atoms with Crippen molar-refractivity contribution in [3.63, 3.8) is 0 Å². The van der Waals surface area contributed by atoms with E-state index in [2.05, 4.69) is 4.90 Å². The van der Waals surface area contributed by atoms with Crippen LogP contribution in [0.2, 0.25) is 0 Å². The number of furan rings is 1. The number of amides is 1. The van der Waals surface area contributed by atoms with Crippen molar-refractivity contribution in [1.82, 2.24) is 9.80 Å². The Kier molecular flexibility index (Phi) is 7.43. The maximum Gasteiger partial charge on any atom is 0.289 e. The molecule has 0 saturated carbocycles. The number of nitrogens with zero attached hydrogens (tertiary/aromatic N) is 2. The molecule has 2 aromatic rings. The van der Waals surface area contributed by atoms with Crippen molar-refractivity contribution in [2.45, 2.75) is 44.8 Å². The molecule has 2 saturated heterocycles. The van der Waals surface area contributed by atoms with Crippen LogP contribution in [0.25, 0.3) is 0 Å². The Morgan fingerprint density at radius 1 is 1.10 bits per heavy atom. The maximum atomic E-state index is 12.9. The van der Waals surface area contributed by atoms with Gasteiger partial charge in [0.15, 0.2) is 5.76 Å². The molecule has 0 spiro atoms. The number of likely N-dealkylation sites (tertiary alicyclic amines) is 1. The second kappa shape index (κ2) is 10.6.